The van der Waals surface area contributed by atoms with Crippen LogP contribution >= 0.6 is 11.8 Å². The zero-order valence-electron chi connectivity index (χ0n) is 13.7. The fourth-order valence-corrected chi connectivity index (χ4v) is 3.33. The lowest BCUT2D eigenvalue weighted by Gasteiger charge is -2.31. The smallest absolute Gasteiger partial charge is 0.319 e. The number of thioether (sulfide) groups is 1. The molecule has 0 spiro atoms. The number of benzene rings is 1. The maximum absolute atomic E-state index is 12.5. The van der Waals surface area contributed by atoms with Crippen LogP contribution in [-0.2, 0) is 14.3 Å². The zero-order valence-corrected chi connectivity index (χ0v) is 14.5. The van der Waals surface area contributed by atoms with Gasteiger partial charge in [0.1, 0.15) is 11.7 Å². The van der Waals surface area contributed by atoms with Gasteiger partial charge in [0.15, 0.2) is 0 Å². The van der Waals surface area contributed by atoms with E-state index >= 15 is 0 Å². The molecule has 0 aromatic heterocycles. The van der Waals surface area contributed by atoms with Gasteiger partial charge in [-0.2, -0.15) is 5.26 Å². The fraction of sp³-hybridized carbons (Fsp3) is 0.353. The second kappa shape index (κ2) is 7.88. The Morgan fingerprint density at radius 3 is 2.71 bits per heavy atom. The van der Waals surface area contributed by atoms with Crippen LogP contribution in [0.5, 0.6) is 5.75 Å². The van der Waals surface area contributed by atoms with E-state index < -0.39 is 23.7 Å². The highest BCUT2D eigenvalue weighted by atomic mass is 32.2. The van der Waals surface area contributed by atoms with Gasteiger partial charge in [0.2, 0.25) is 5.91 Å². The number of carbonyl (C=O) groups is 2. The Kier molecular flexibility index (Phi) is 5.88. The minimum atomic E-state index is -1.13. The molecule has 0 aliphatic carbocycles. The Morgan fingerprint density at radius 2 is 2.12 bits per heavy atom. The van der Waals surface area contributed by atoms with E-state index in [-0.39, 0.29) is 6.61 Å². The Hall–Kier alpha value is -2.46. The molecule has 2 atom stereocenters. The number of hydrogen-bond acceptors (Lipinski definition) is 6. The number of carbonyl (C=O) groups excluding carboxylic acids is 2. The number of allylic oxidation sites excluding steroid dienone is 1. The third-order valence-electron chi connectivity index (χ3n) is 3.75. The van der Waals surface area contributed by atoms with Crippen LogP contribution in [0.4, 0.5) is 0 Å². The van der Waals surface area contributed by atoms with Crippen molar-refractivity contribution in [2.24, 2.45) is 5.92 Å². The summed E-state index contributed by atoms with van der Waals surface area (Å²) in [6.45, 7) is 1.83. The average Bonchev–Trinajstić information content (AvgIpc) is 2.60. The molecule has 1 aromatic rings. The number of hydrogen-bond donors (Lipinski definition) is 1. The first-order chi connectivity index (χ1) is 11.6. The number of nitrogens with one attached hydrogen (secondary N) is 1. The number of para-hydroxylation sites is 1. The quantitative estimate of drug-likeness (QED) is 0.649. The van der Waals surface area contributed by atoms with Crippen molar-refractivity contribution in [2.75, 3.05) is 20.0 Å². The first-order valence-corrected chi connectivity index (χ1v) is 8.60. The Labute approximate surface area is 144 Å². The first-order valence-electron chi connectivity index (χ1n) is 7.37. The summed E-state index contributed by atoms with van der Waals surface area (Å²) in [4.78, 5) is 24.9. The molecule has 126 valence electrons. The van der Waals surface area contributed by atoms with E-state index in [4.69, 9.17) is 9.47 Å². The van der Waals surface area contributed by atoms with Crippen molar-refractivity contribution < 1.29 is 19.1 Å². The topological polar surface area (TPSA) is 88.4 Å². The fourth-order valence-electron chi connectivity index (χ4n) is 2.73. The molecule has 0 fully saturated rings. The van der Waals surface area contributed by atoms with Crippen LogP contribution in [0.25, 0.3) is 0 Å². The van der Waals surface area contributed by atoms with Crippen LogP contribution in [0.3, 0.4) is 0 Å². The van der Waals surface area contributed by atoms with Crippen LogP contribution in [0.15, 0.2) is 34.9 Å². The van der Waals surface area contributed by atoms with Crippen molar-refractivity contribution in [2.45, 2.75) is 12.8 Å². The number of methoxy groups -OCH3 is 1. The van der Waals surface area contributed by atoms with Crippen LogP contribution in [-0.4, -0.2) is 31.8 Å². The number of nitriles is 1. The normalized spacial score (nSPS) is 20.2. The van der Waals surface area contributed by atoms with Crippen molar-refractivity contribution in [1.29, 1.82) is 5.26 Å². The van der Waals surface area contributed by atoms with Gasteiger partial charge < -0.3 is 14.8 Å². The predicted octanol–water partition coefficient (Wildman–Crippen LogP) is 2.19. The molecule has 1 aliphatic rings. The van der Waals surface area contributed by atoms with Gasteiger partial charge in [-0.1, -0.05) is 18.2 Å². The highest BCUT2D eigenvalue weighted by Gasteiger charge is 2.45. The van der Waals surface area contributed by atoms with Crippen molar-refractivity contribution in [3.8, 4) is 11.8 Å². The van der Waals surface area contributed by atoms with Gasteiger partial charge in [0, 0.05) is 11.5 Å². The zero-order chi connectivity index (χ0) is 17.7. The lowest BCUT2D eigenvalue weighted by Crippen LogP contribution is -2.44. The van der Waals surface area contributed by atoms with Crippen LogP contribution in [0.2, 0.25) is 0 Å². The summed E-state index contributed by atoms with van der Waals surface area (Å²) in [6, 6.07) is 9.19. The lowest BCUT2D eigenvalue weighted by molar-refractivity contribution is -0.152. The molecule has 1 aromatic carbocycles. The minimum Gasteiger partial charge on any atom is -0.496 e. The van der Waals surface area contributed by atoms with Gasteiger partial charge in [0.25, 0.3) is 0 Å². The SMILES string of the molecule is CCOC(=O)[C@H]1C(=O)NC(SC)=C(C#N)[C@H]1c1ccccc1OC. The van der Waals surface area contributed by atoms with E-state index in [2.05, 4.69) is 11.4 Å². The average molecular weight is 346 g/mol. The van der Waals surface area contributed by atoms with Gasteiger partial charge in [0.05, 0.1) is 30.4 Å². The molecule has 0 saturated heterocycles. The van der Waals surface area contributed by atoms with Crippen LogP contribution in [0, 0.1) is 17.2 Å². The summed E-state index contributed by atoms with van der Waals surface area (Å²) in [6.07, 6.45) is 1.76. The van der Waals surface area contributed by atoms with E-state index in [9.17, 15) is 14.9 Å². The van der Waals surface area contributed by atoms with E-state index in [0.29, 0.717) is 21.9 Å². The molecular weight excluding hydrogens is 328 g/mol. The molecule has 0 saturated carbocycles. The summed E-state index contributed by atoms with van der Waals surface area (Å²) in [7, 11) is 1.51. The number of rotatable bonds is 5. The molecule has 1 heterocycles. The highest BCUT2D eigenvalue weighted by molar-refractivity contribution is 8.02. The number of esters is 1. The van der Waals surface area contributed by atoms with Gasteiger partial charge in [-0.05, 0) is 19.2 Å². The molecule has 2 rings (SSSR count). The molecule has 0 bridgehead atoms. The van der Waals surface area contributed by atoms with E-state index in [0.717, 1.165) is 0 Å². The summed E-state index contributed by atoms with van der Waals surface area (Å²) in [5, 5.41) is 12.7. The predicted molar refractivity (Wildman–Crippen MR) is 90.2 cm³/mol. The molecule has 6 nitrogen and oxygen atoms in total. The summed E-state index contributed by atoms with van der Waals surface area (Å²) in [5.74, 6) is -2.50. The van der Waals surface area contributed by atoms with E-state index in [1.165, 1.54) is 18.9 Å². The van der Waals surface area contributed by atoms with E-state index in [1.54, 1.807) is 37.4 Å². The first kappa shape index (κ1) is 17.9. The molecule has 0 unspecified atom stereocenters. The Balaban J connectivity index is 2.67. The summed E-state index contributed by atoms with van der Waals surface area (Å²) in [5.41, 5.74) is 0.931. The number of amides is 1. The maximum atomic E-state index is 12.5. The Morgan fingerprint density at radius 1 is 1.42 bits per heavy atom. The largest absolute Gasteiger partial charge is 0.496 e. The van der Waals surface area contributed by atoms with Gasteiger partial charge in [-0.15, -0.1) is 11.8 Å². The van der Waals surface area contributed by atoms with Crippen LogP contribution in [0.1, 0.15) is 18.4 Å². The van der Waals surface area contributed by atoms with Gasteiger partial charge in [-0.3, -0.25) is 9.59 Å². The van der Waals surface area contributed by atoms with Crippen molar-refractivity contribution in [3.63, 3.8) is 0 Å². The highest BCUT2D eigenvalue weighted by Crippen LogP contribution is 2.42. The van der Waals surface area contributed by atoms with E-state index in [1.807, 2.05) is 0 Å². The van der Waals surface area contributed by atoms with Gasteiger partial charge >= 0.3 is 5.97 Å². The third kappa shape index (κ3) is 3.24. The number of nitrogens with zero attached hydrogens (tertiary/aromatic N) is 1. The molecule has 1 amide bonds. The minimum absolute atomic E-state index is 0.155. The van der Waals surface area contributed by atoms with Crippen molar-refractivity contribution >= 4 is 23.6 Å². The molecular formula is C17H18N2O4S. The second-order valence-electron chi connectivity index (χ2n) is 5.00. The molecule has 1 aliphatic heterocycles. The summed E-state index contributed by atoms with van der Waals surface area (Å²) >= 11 is 1.25. The standard InChI is InChI=1S/C17H18N2O4S/c1-4-23-17(21)14-13(10-7-5-6-8-12(10)22-2)11(9-18)16(24-3)19-15(14)20/h5-8,13-14H,4H2,1-3H3,(H,19,20)/t13-,14-/m1/s1. The maximum Gasteiger partial charge on any atom is 0.319 e. The lowest BCUT2D eigenvalue weighted by atomic mass is 9.78. The van der Waals surface area contributed by atoms with Crippen molar-refractivity contribution in [3.05, 3.63) is 40.4 Å². The molecule has 24 heavy (non-hydrogen) atoms. The monoisotopic (exact) mass is 346 g/mol. The third-order valence-corrected chi connectivity index (χ3v) is 4.48. The molecule has 1 N–H and O–H groups in total. The summed E-state index contributed by atoms with van der Waals surface area (Å²) < 4.78 is 10.4. The second-order valence-corrected chi connectivity index (χ2v) is 5.81. The molecule has 0 radical (unpaired) electrons. The molecule has 7 heteroatoms. The number of ether oxygens (including phenoxy) is 2. The van der Waals surface area contributed by atoms with Gasteiger partial charge in [-0.25, -0.2) is 0 Å². The van der Waals surface area contributed by atoms with Crippen molar-refractivity contribution in [1.82, 2.24) is 5.32 Å². The Bertz CT molecular complexity index is 724. The van der Waals surface area contributed by atoms with Crippen LogP contribution < -0.4 is 10.1 Å².